The van der Waals surface area contributed by atoms with Gasteiger partial charge in [0.25, 0.3) is 0 Å². The molecule has 0 saturated carbocycles. The van der Waals surface area contributed by atoms with Gasteiger partial charge in [-0.05, 0) is 24.3 Å². The molecular weight excluding hydrogens is 310 g/mol. The predicted molar refractivity (Wildman–Crippen MR) is 91.2 cm³/mol. The lowest BCUT2D eigenvalue weighted by molar-refractivity contribution is -0.128. The molecule has 1 aliphatic heterocycles. The summed E-state index contributed by atoms with van der Waals surface area (Å²) in [7, 11) is 1.80. The van der Waals surface area contributed by atoms with Crippen LogP contribution in [0.1, 0.15) is 0 Å². The van der Waals surface area contributed by atoms with Gasteiger partial charge in [-0.15, -0.1) is 11.8 Å². The van der Waals surface area contributed by atoms with Gasteiger partial charge < -0.3 is 14.4 Å². The number of amides is 1. The first-order valence-corrected chi connectivity index (χ1v) is 8.51. The number of likely N-dealkylation sites (N-methyl/N-ethyl adjacent to an activating group) is 1. The molecular formula is C18H19NO3S. The summed E-state index contributed by atoms with van der Waals surface area (Å²) >= 11 is 1.54. The van der Waals surface area contributed by atoms with E-state index in [-0.39, 0.29) is 12.0 Å². The number of carbonyl (C=O) groups is 1. The lowest BCUT2D eigenvalue weighted by Gasteiger charge is -2.29. The number of para-hydroxylation sites is 2. The second-order valence-electron chi connectivity index (χ2n) is 5.37. The fourth-order valence-corrected chi connectivity index (χ4v) is 3.19. The van der Waals surface area contributed by atoms with Gasteiger partial charge in [-0.1, -0.05) is 30.3 Å². The molecule has 2 aromatic rings. The fourth-order valence-electron chi connectivity index (χ4n) is 2.33. The van der Waals surface area contributed by atoms with Gasteiger partial charge in [-0.3, -0.25) is 4.79 Å². The van der Waals surface area contributed by atoms with Crippen LogP contribution in [0.2, 0.25) is 0 Å². The molecule has 5 heteroatoms. The molecule has 3 rings (SSSR count). The highest BCUT2D eigenvalue weighted by molar-refractivity contribution is 8.00. The lowest BCUT2D eigenvalue weighted by atomic mass is 10.2. The minimum atomic E-state index is -0.138. The second kappa shape index (κ2) is 7.42. The summed E-state index contributed by atoms with van der Waals surface area (Å²) in [6, 6.07) is 17.5. The maximum atomic E-state index is 12.2. The summed E-state index contributed by atoms with van der Waals surface area (Å²) in [5, 5.41) is 0. The van der Waals surface area contributed by atoms with Gasteiger partial charge in [-0.2, -0.15) is 0 Å². The number of benzene rings is 2. The van der Waals surface area contributed by atoms with Crippen LogP contribution in [0, 0.1) is 0 Å². The van der Waals surface area contributed by atoms with Gasteiger partial charge >= 0.3 is 0 Å². The smallest absolute Gasteiger partial charge is 0.232 e. The maximum absolute atomic E-state index is 12.2. The van der Waals surface area contributed by atoms with E-state index in [9.17, 15) is 4.79 Å². The Morgan fingerprint density at radius 1 is 1.13 bits per heavy atom. The highest BCUT2D eigenvalue weighted by atomic mass is 32.2. The van der Waals surface area contributed by atoms with Crippen molar-refractivity contribution in [3.8, 4) is 11.5 Å². The van der Waals surface area contributed by atoms with E-state index in [0.717, 1.165) is 16.4 Å². The van der Waals surface area contributed by atoms with E-state index in [4.69, 9.17) is 9.47 Å². The van der Waals surface area contributed by atoms with Crippen LogP contribution in [0.4, 0.5) is 0 Å². The molecule has 2 aromatic carbocycles. The molecule has 0 N–H and O–H groups in total. The Bertz CT molecular complexity index is 662. The van der Waals surface area contributed by atoms with Gasteiger partial charge in [0.1, 0.15) is 6.61 Å². The molecule has 23 heavy (non-hydrogen) atoms. The van der Waals surface area contributed by atoms with E-state index in [2.05, 4.69) is 0 Å². The molecule has 4 nitrogen and oxygen atoms in total. The van der Waals surface area contributed by atoms with Crippen LogP contribution in [0.25, 0.3) is 0 Å². The minimum Gasteiger partial charge on any atom is -0.486 e. The fraction of sp³-hybridized carbons (Fsp3) is 0.278. The number of hydrogen-bond acceptors (Lipinski definition) is 4. The number of rotatable bonds is 5. The molecule has 120 valence electrons. The van der Waals surface area contributed by atoms with E-state index >= 15 is 0 Å². The Morgan fingerprint density at radius 3 is 2.61 bits per heavy atom. The average Bonchev–Trinajstić information content (AvgIpc) is 2.60. The first kappa shape index (κ1) is 15.7. The van der Waals surface area contributed by atoms with Crippen molar-refractivity contribution in [1.29, 1.82) is 0 Å². The van der Waals surface area contributed by atoms with E-state index in [1.165, 1.54) is 0 Å². The standard InChI is InChI=1S/C18H19NO3S/c1-19(18(20)13-23-15-7-3-2-4-8-15)11-14-12-21-16-9-5-6-10-17(16)22-14/h2-10,14H,11-13H2,1H3. The maximum Gasteiger partial charge on any atom is 0.232 e. The molecule has 1 atom stereocenters. The largest absolute Gasteiger partial charge is 0.486 e. The number of carbonyl (C=O) groups excluding carboxylic acids is 1. The zero-order valence-electron chi connectivity index (χ0n) is 13.0. The lowest BCUT2D eigenvalue weighted by Crippen LogP contribution is -2.42. The van der Waals surface area contributed by atoms with Gasteiger partial charge in [-0.25, -0.2) is 0 Å². The van der Waals surface area contributed by atoms with Crippen molar-refractivity contribution in [1.82, 2.24) is 4.90 Å². The van der Waals surface area contributed by atoms with E-state index < -0.39 is 0 Å². The summed E-state index contributed by atoms with van der Waals surface area (Å²) in [5.41, 5.74) is 0. The minimum absolute atomic E-state index is 0.0845. The summed E-state index contributed by atoms with van der Waals surface area (Å²) in [5.74, 6) is 2.01. The van der Waals surface area contributed by atoms with Crippen LogP contribution >= 0.6 is 11.8 Å². The number of ether oxygens (including phenoxy) is 2. The van der Waals surface area contributed by atoms with E-state index in [0.29, 0.717) is 18.9 Å². The van der Waals surface area contributed by atoms with Crippen molar-refractivity contribution in [2.45, 2.75) is 11.0 Å². The molecule has 0 spiro atoms. The zero-order valence-corrected chi connectivity index (χ0v) is 13.8. The first-order valence-electron chi connectivity index (χ1n) is 7.52. The molecule has 1 unspecified atom stereocenters. The Kier molecular flexibility index (Phi) is 5.08. The molecule has 0 aliphatic carbocycles. The third kappa shape index (κ3) is 4.20. The van der Waals surface area contributed by atoms with Gasteiger partial charge in [0.2, 0.25) is 5.91 Å². The van der Waals surface area contributed by atoms with Crippen molar-refractivity contribution < 1.29 is 14.3 Å². The van der Waals surface area contributed by atoms with Gasteiger partial charge in [0.15, 0.2) is 17.6 Å². The predicted octanol–water partition coefficient (Wildman–Crippen LogP) is 3.08. The van der Waals surface area contributed by atoms with Crippen molar-refractivity contribution in [3.63, 3.8) is 0 Å². The molecule has 1 aliphatic rings. The molecule has 0 fully saturated rings. The highest BCUT2D eigenvalue weighted by Crippen LogP contribution is 2.31. The summed E-state index contributed by atoms with van der Waals surface area (Å²) < 4.78 is 11.6. The Balaban J connectivity index is 1.49. The Hall–Kier alpha value is -2.14. The monoisotopic (exact) mass is 329 g/mol. The summed E-state index contributed by atoms with van der Waals surface area (Å²) in [4.78, 5) is 15.0. The van der Waals surface area contributed by atoms with Crippen molar-refractivity contribution in [2.75, 3.05) is 26.0 Å². The molecule has 1 heterocycles. The number of nitrogens with zero attached hydrogens (tertiary/aromatic N) is 1. The first-order chi connectivity index (χ1) is 11.2. The third-order valence-corrected chi connectivity index (χ3v) is 4.57. The van der Waals surface area contributed by atoms with Crippen molar-refractivity contribution >= 4 is 17.7 Å². The van der Waals surface area contributed by atoms with Gasteiger partial charge in [0.05, 0.1) is 12.3 Å². The normalized spacial score (nSPS) is 16.0. The van der Waals surface area contributed by atoms with Crippen LogP contribution in [0.15, 0.2) is 59.5 Å². The second-order valence-corrected chi connectivity index (χ2v) is 6.42. The molecule has 0 bridgehead atoms. The van der Waals surface area contributed by atoms with E-state index in [1.807, 2.05) is 54.6 Å². The SMILES string of the molecule is CN(CC1COc2ccccc2O1)C(=O)CSc1ccccc1. The number of hydrogen-bond donors (Lipinski definition) is 0. The molecule has 0 radical (unpaired) electrons. The van der Waals surface area contributed by atoms with Crippen LogP contribution in [0.3, 0.4) is 0 Å². The molecule has 0 aromatic heterocycles. The highest BCUT2D eigenvalue weighted by Gasteiger charge is 2.23. The topological polar surface area (TPSA) is 38.8 Å². The van der Waals surface area contributed by atoms with E-state index in [1.54, 1.807) is 23.7 Å². The average molecular weight is 329 g/mol. The molecule has 1 amide bonds. The van der Waals surface area contributed by atoms with Crippen LogP contribution in [0.5, 0.6) is 11.5 Å². The number of fused-ring (bicyclic) bond motifs is 1. The van der Waals surface area contributed by atoms with Crippen molar-refractivity contribution in [2.24, 2.45) is 0 Å². The van der Waals surface area contributed by atoms with Crippen molar-refractivity contribution in [3.05, 3.63) is 54.6 Å². The quantitative estimate of drug-likeness (QED) is 0.790. The summed E-state index contributed by atoms with van der Waals surface area (Å²) in [6.07, 6.45) is -0.138. The van der Waals surface area contributed by atoms with Crippen LogP contribution in [-0.2, 0) is 4.79 Å². The zero-order chi connectivity index (χ0) is 16.1. The Labute approximate surface area is 140 Å². The molecule has 0 saturated heterocycles. The Morgan fingerprint density at radius 2 is 1.83 bits per heavy atom. The van der Waals surface area contributed by atoms with Gasteiger partial charge in [0, 0.05) is 11.9 Å². The summed E-state index contributed by atoms with van der Waals surface area (Å²) in [6.45, 7) is 0.975. The van der Waals surface area contributed by atoms with Crippen LogP contribution < -0.4 is 9.47 Å². The number of thioether (sulfide) groups is 1. The van der Waals surface area contributed by atoms with Crippen LogP contribution in [-0.4, -0.2) is 42.9 Å². The third-order valence-electron chi connectivity index (χ3n) is 3.58.